The van der Waals surface area contributed by atoms with Gasteiger partial charge < -0.3 is 10.6 Å². The molecular weight excluding hydrogens is 358 g/mol. The van der Waals surface area contributed by atoms with Gasteiger partial charge in [0.2, 0.25) is 5.91 Å². The average molecular weight is 386 g/mol. The SMILES string of the molecule is CC(=O)N[C@H](c1ccccn1)C1CCC(CNC(=O)c2csc(C)c2)CC1. The fourth-order valence-electron chi connectivity index (χ4n) is 3.84. The van der Waals surface area contributed by atoms with Crippen LogP contribution in [0.5, 0.6) is 0 Å². The molecule has 2 N–H and O–H groups in total. The third-order valence-electron chi connectivity index (χ3n) is 5.27. The van der Waals surface area contributed by atoms with Gasteiger partial charge in [-0.3, -0.25) is 14.6 Å². The number of hydrogen-bond donors (Lipinski definition) is 2. The number of rotatable bonds is 6. The van der Waals surface area contributed by atoms with E-state index >= 15 is 0 Å². The number of pyridine rings is 1. The van der Waals surface area contributed by atoms with Crippen LogP contribution in [-0.2, 0) is 4.79 Å². The third kappa shape index (κ3) is 5.39. The Labute approximate surface area is 164 Å². The first kappa shape index (κ1) is 19.5. The van der Waals surface area contributed by atoms with Crippen molar-refractivity contribution in [3.63, 3.8) is 0 Å². The molecule has 3 rings (SSSR count). The normalized spacial score (nSPS) is 20.7. The van der Waals surface area contributed by atoms with Gasteiger partial charge in [-0.1, -0.05) is 6.07 Å². The second kappa shape index (κ2) is 9.13. The van der Waals surface area contributed by atoms with Crippen LogP contribution in [0.2, 0.25) is 0 Å². The Kier molecular flexibility index (Phi) is 6.61. The van der Waals surface area contributed by atoms with Crippen LogP contribution < -0.4 is 10.6 Å². The highest BCUT2D eigenvalue weighted by Crippen LogP contribution is 2.36. The summed E-state index contributed by atoms with van der Waals surface area (Å²) in [6.07, 6.45) is 5.93. The summed E-state index contributed by atoms with van der Waals surface area (Å²) in [5, 5.41) is 8.07. The molecule has 144 valence electrons. The summed E-state index contributed by atoms with van der Waals surface area (Å²) in [6.45, 7) is 4.29. The van der Waals surface area contributed by atoms with Gasteiger partial charge in [0.25, 0.3) is 5.91 Å². The molecule has 27 heavy (non-hydrogen) atoms. The quantitative estimate of drug-likeness (QED) is 0.793. The third-order valence-corrected chi connectivity index (χ3v) is 6.13. The van der Waals surface area contributed by atoms with Crippen molar-refractivity contribution in [3.8, 4) is 0 Å². The smallest absolute Gasteiger partial charge is 0.252 e. The largest absolute Gasteiger partial charge is 0.352 e. The summed E-state index contributed by atoms with van der Waals surface area (Å²) in [4.78, 5) is 29.5. The van der Waals surface area contributed by atoms with Crippen LogP contribution in [-0.4, -0.2) is 23.3 Å². The molecule has 2 aromatic rings. The van der Waals surface area contributed by atoms with E-state index in [0.29, 0.717) is 11.8 Å². The maximum atomic E-state index is 12.2. The molecule has 0 bridgehead atoms. The highest BCUT2D eigenvalue weighted by atomic mass is 32.1. The molecular formula is C21H27N3O2S. The average Bonchev–Trinajstić information content (AvgIpc) is 3.12. The summed E-state index contributed by atoms with van der Waals surface area (Å²) in [6, 6.07) is 7.73. The Morgan fingerprint density at radius 1 is 1.26 bits per heavy atom. The summed E-state index contributed by atoms with van der Waals surface area (Å²) < 4.78 is 0. The van der Waals surface area contributed by atoms with Crippen LogP contribution in [0.25, 0.3) is 0 Å². The lowest BCUT2D eigenvalue weighted by Gasteiger charge is -2.34. The minimum atomic E-state index is -0.0342. The fourth-order valence-corrected chi connectivity index (χ4v) is 4.52. The molecule has 2 aromatic heterocycles. The van der Waals surface area contributed by atoms with E-state index in [4.69, 9.17) is 0 Å². The van der Waals surface area contributed by atoms with Crippen molar-refractivity contribution in [1.82, 2.24) is 15.6 Å². The fraction of sp³-hybridized carbons (Fsp3) is 0.476. The van der Waals surface area contributed by atoms with Crippen molar-refractivity contribution in [3.05, 3.63) is 52.0 Å². The van der Waals surface area contributed by atoms with E-state index in [-0.39, 0.29) is 17.9 Å². The molecule has 1 aliphatic rings. The van der Waals surface area contributed by atoms with Crippen molar-refractivity contribution in [2.45, 2.75) is 45.6 Å². The van der Waals surface area contributed by atoms with Crippen LogP contribution in [0.3, 0.4) is 0 Å². The molecule has 0 saturated heterocycles. The predicted octanol–water partition coefficient (Wildman–Crippen LogP) is 3.87. The van der Waals surface area contributed by atoms with Gasteiger partial charge in [0.05, 0.1) is 17.3 Å². The number of amides is 2. The summed E-state index contributed by atoms with van der Waals surface area (Å²) in [5.41, 5.74) is 1.68. The maximum Gasteiger partial charge on any atom is 0.252 e. The molecule has 5 nitrogen and oxygen atoms in total. The number of aromatic nitrogens is 1. The molecule has 1 saturated carbocycles. The minimum absolute atomic E-state index is 0.0195. The monoisotopic (exact) mass is 385 g/mol. The first-order valence-corrected chi connectivity index (χ1v) is 10.4. The number of carbonyl (C=O) groups is 2. The Bertz CT molecular complexity index is 767. The van der Waals surface area contributed by atoms with Crippen LogP contribution >= 0.6 is 11.3 Å². The first-order chi connectivity index (χ1) is 13.0. The van der Waals surface area contributed by atoms with E-state index in [1.54, 1.807) is 24.5 Å². The van der Waals surface area contributed by atoms with Crippen molar-refractivity contribution in [2.75, 3.05) is 6.54 Å². The Hall–Kier alpha value is -2.21. The molecule has 0 spiro atoms. The van der Waals surface area contributed by atoms with Crippen LogP contribution in [0.1, 0.15) is 59.6 Å². The van der Waals surface area contributed by atoms with Gasteiger partial charge in [-0.25, -0.2) is 0 Å². The van der Waals surface area contributed by atoms with E-state index in [9.17, 15) is 9.59 Å². The number of aryl methyl sites for hydroxylation is 1. The van der Waals surface area contributed by atoms with Crippen molar-refractivity contribution >= 4 is 23.2 Å². The summed E-state index contributed by atoms with van der Waals surface area (Å²) >= 11 is 1.60. The Morgan fingerprint density at radius 3 is 2.63 bits per heavy atom. The highest BCUT2D eigenvalue weighted by molar-refractivity contribution is 7.10. The first-order valence-electron chi connectivity index (χ1n) is 9.54. The van der Waals surface area contributed by atoms with Gasteiger partial charge >= 0.3 is 0 Å². The van der Waals surface area contributed by atoms with Crippen molar-refractivity contribution in [2.24, 2.45) is 11.8 Å². The lowest BCUT2D eigenvalue weighted by Crippen LogP contribution is -2.36. The Morgan fingerprint density at radius 2 is 2.04 bits per heavy atom. The molecule has 0 aromatic carbocycles. The molecule has 0 radical (unpaired) electrons. The van der Waals surface area contributed by atoms with Gasteiger partial charge in [-0.2, -0.15) is 0 Å². The topological polar surface area (TPSA) is 71.1 Å². The van der Waals surface area contributed by atoms with Crippen LogP contribution in [0, 0.1) is 18.8 Å². The Balaban J connectivity index is 1.52. The number of nitrogens with zero attached hydrogens (tertiary/aromatic N) is 1. The second-order valence-electron chi connectivity index (χ2n) is 7.37. The molecule has 2 heterocycles. The highest BCUT2D eigenvalue weighted by Gasteiger charge is 2.30. The lowest BCUT2D eigenvalue weighted by atomic mass is 9.77. The molecule has 6 heteroatoms. The number of thiophene rings is 1. The van der Waals surface area contributed by atoms with Crippen molar-refractivity contribution in [1.29, 1.82) is 0 Å². The zero-order valence-corrected chi connectivity index (χ0v) is 16.7. The standard InChI is InChI=1S/C21H27N3O2S/c1-14-11-18(13-27-14)21(26)23-12-16-6-8-17(9-7-16)20(24-15(2)25)19-5-3-4-10-22-19/h3-5,10-11,13,16-17,20H,6-9,12H2,1-2H3,(H,23,26)(H,24,25)/t16?,17?,20-/m0/s1. The van der Waals surface area contributed by atoms with E-state index in [1.807, 2.05) is 36.6 Å². The molecule has 0 unspecified atom stereocenters. The van der Waals surface area contributed by atoms with E-state index in [1.165, 1.54) is 0 Å². The van der Waals surface area contributed by atoms with Crippen LogP contribution in [0.15, 0.2) is 35.8 Å². The maximum absolute atomic E-state index is 12.2. The number of nitrogens with one attached hydrogen (secondary N) is 2. The molecule has 1 fully saturated rings. The van der Waals surface area contributed by atoms with Gasteiger partial charge in [0.1, 0.15) is 0 Å². The van der Waals surface area contributed by atoms with Gasteiger partial charge in [0, 0.05) is 29.9 Å². The van der Waals surface area contributed by atoms with E-state index < -0.39 is 0 Å². The predicted molar refractivity (Wildman–Crippen MR) is 108 cm³/mol. The van der Waals surface area contributed by atoms with Gasteiger partial charge in [-0.05, 0) is 62.6 Å². The zero-order chi connectivity index (χ0) is 19.2. The van der Waals surface area contributed by atoms with Gasteiger partial charge in [0.15, 0.2) is 0 Å². The molecule has 1 atom stereocenters. The second-order valence-corrected chi connectivity index (χ2v) is 8.49. The molecule has 0 aliphatic heterocycles. The molecule has 1 aliphatic carbocycles. The summed E-state index contributed by atoms with van der Waals surface area (Å²) in [5.74, 6) is 0.874. The van der Waals surface area contributed by atoms with E-state index in [2.05, 4.69) is 15.6 Å². The van der Waals surface area contributed by atoms with Crippen LogP contribution in [0.4, 0.5) is 0 Å². The molecule has 2 amide bonds. The number of carbonyl (C=O) groups excluding carboxylic acids is 2. The minimum Gasteiger partial charge on any atom is -0.352 e. The van der Waals surface area contributed by atoms with E-state index in [0.717, 1.165) is 48.4 Å². The number of hydrogen-bond acceptors (Lipinski definition) is 4. The van der Waals surface area contributed by atoms with Crippen molar-refractivity contribution < 1.29 is 9.59 Å². The lowest BCUT2D eigenvalue weighted by molar-refractivity contribution is -0.120. The summed E-state index contributed by atoms with van der Waals surface area (Å²) in [7, 11) is 0. The zero-order valence-electron chi connectivity index (χ0n) is 15.9. The van der Waals surface area contributed by atoms with Gasteiger partial charge in [-0.15, -0.1) is 11.3 Å².